The Labute approximate surface area is 456 Å². The highest BCUT2D eigenvalue weighted by atomic mass is 19.1. The number of pyridine rings is 1. The van der Waals surface area contributed by atoms with Crippen LogP contribution in [0, 0.1) is 41.6 Å². The fourth-order valence-corrected chi connectivity index (χ4v) is 14.4. The quantitative estimate of drug-likeness (QED) is 0.103. The molecule has 1 N–H and O–H groups in total. The topological polar surface area (TPSA) is 160 Å². The minimum absolute atomic E-state index is 0.0121. The number of piperidine rings is 3. The minimum atomic E-state index is -0.668. The van der Waals surface area contributed by atoms with E-state index in [1.807, 2.05) is 17.0 Å². The van der Waals surface area contributed by atoms with Crippen LogP contribution in [0.3, 0.4) is 0 Å². The van der Waals surface area contributed by atoms with Gasteiger partial charge in [0.2, 0.25) is 11.8 Å². The second kappa shape index (κ2) is 20.9. The molecular weight excluding hydrogens is 1010 g/mol. The number of rotatable bonds is 10. The molecule has 412 valence electrons. The molecule has 0 spiro atoms. The van der Waals surface area contributed by atoms with Crippen LogP contribution >= 0.6 is 0 Å². The average molecular weight is 1080 g/mol. The first-order valence-electron chi connectivity index (χ1n) is 28.4. The number of amides is 3. The van der Waals surface area contributed by atoms with Gasteiger partial charge in [-0.05, 0) is 125 Å². The van der Waals surface area contributed by atoms with E-state index in [1.165, 1.54) is 6.07 Å². The van der Waals surface area contributed by atoms with E-state index < -0.39 is 29.3 Å². The monoisotopic (exact) mass is 1080 g/mol. The van der Waals surface area contributed by atoms with Crippen molar-refractivity contribution in [3.63, 3.8) is 0 Å². The van der Waals surface area contributed by atoms with Crippen LogP contribution in [0.1, 0.15) is 106 Å². The summed E-state index contributed by atoms with van der Waals surface area (Å²) in [5.74, 6) is 1.09. The zero-order valence-electron chi connectivity index (χ0n) is 44.6. The molecule has 0 radical (unpaired) electrons. The first kappa shape index (κ1) is 51.4. The number of imide groups is 1. The number of aromatic nitrogens is 5. The summed E-state index contributed by atoms with van der Waals surface area (Å²) in [4.78, 5) is 61.7. The molecule has 6 saturated heterocycles. The third-order valence-electron chi connectivity index (χ3n) is 18.5. The van der Waals surface area contributed by atoms with Gasteiger partial charge in [-0.15, -0.1) is 6.42 Å². The molecule has 16 nitrogen and oxygen atoms in total. The fourth-order valence-electron chi connectivity index (χ4n) is 14.4. The summed E-state index contributed by atoms with van der Waals surface area (Å²) in [7, 11) is 1.76. The van der Waals surface area contributed by atoms with Crippen LogP contribution in [-0.4, -0.2) is 136 Å². The van der Waals surface area contributed by atoms with Crippen LogP contribution in [0.4, 0.5) is 29.5 Å². The number of likely N-dealkylation sites (tertiary alicyclic amines) is 1. The summed E-state index contributed by atoms with van der Waals surface area (Å²) in [6.45, 7) is 6.14. The standard InChI is InChI=1S/C60H65F3N10O6/c1-3-41-44(61)12-9-37-7-4-8-42(49(37)41)54-52(63)55-51-46(64-54)13-10-38-32-77-28-6-22-72(38)56(51)67-58(66-55)79-34-60-20-5-23-73(60)39(15-21-60)33-78-59(76)71-26-18-36(19-27-71)29-35-16-24-70(25-17-35)40-30-45(62)50-47(31-40)69(2)68-53(50)43-11-14-48(74)65-57(43)75/h1,4,7-9,12,30-31,35-36,38-39,43H,5-6,10-11,13-29,32-34H2,2H3,(H,65,74,75)/t38-,39-,43?,60-/m0/s1. The Balaban J connectivity index is 0.635. The Kier molecular flexibility index (Phi) is 13.6. The van der Waals surface area contributed by atoms with Gasteiger partial charge < -0.3 is 28.9 Å². The number of fused-ring (bicyclic) bond motifs is 5. The van der Waals surface area contributed by atoms with Crippen molar-refractivity contribution >= 4 is 62.0 Å². The van der Waals surface area contributed by atoms with Gasteiger partial charge in [-0.1, -0.05) is 30.2 Å². The zero-order chi connectivity index (χ0) is 54.1. The lowest BCUT2D eigenvalue weighted by atomic mass is 9.83. The predicted molar refractivity (Wildman–Crippen MR) is 291 cm³/mol. The summed E-state index contributed by atoms with van der Waals surface area (Å²) in [5, 5.41) is 8.90. The smallest absolute Gasteiger partial charge is 0.409 e. The maximum atomic E-state index is 17.5. The van der Waals surface area contributed by atoms with E-state index in [0.29, 0.717) is 114 Å². The van der Waals surface area contributed by atoms with Crippen LogP contribution in [0.2, 0.25) is 0 Å². The lowest BCUT2D eigenvalue weighted by molar-refractivity contribution is -0.134. The highest BCUT2D eigenvalue weighted by molar-refractivity contribution is 6.04. The van der Waals surface area contributed by atoms with Gasteiger partial charge in [0.1, 0.15) is 41.9 Å². The number of benzene rings is 3. The molecule has 19 heteroatoms. The summed E-state index contributed by atoms with van der Waals surface area (Å²) in [5.41, 5.74) is 2.73. The number of nitrogens with zero attached hydrogens (tertiary/aromatic N) is 9. The van der Waals surface area contributed by atoms with Crippen molar-refractivity contribution in [3.05, 3.63) is 76.9 Å². The SMILES string of the molecule is C#Cc1c(F)ccc2cccc(-c3nc4c5c(nc(OC[C@@]67CCCN6[C@H](COC(=O)N6CCC(CC8CCN(c9cc(F)c%10c(C%11CCC(=O)NC%11=O)nn(C)c%10c9)CC8)CC6)CC7)nc5c3F)N3CCCOC[C@@H]3CC4)c12. The maximum absolute atomic E-state index is 17.5. The molecule has 1 unspecified atom stereocenters. The molecular formula is C60H65F3N10O6. The Morgan fingerprint density at radius 3 is 2.51 bits per heavy atom. The third kappa shape index (κ3) is 9.35. The van der Waals surface area contributed by atoms with Crippen LogP contribution in [0.25, 0.3) is 43.8 Å². The zero-order valence-corrected chi connectivity index (χ0v) is 44.6. The third-order valence-corrected chi connectivity index (χ3v) is 18.5. The molecule has 13 rings (SSSR count). The molecule has 3 amide bonds. The summed E-state index contributed by atoms with van der Waals surface area (Å²) >= 11 is 0. The predicted octanol–water partition coefficient (Wildman–Crippen LogP) is 8.72. The number of anilines is 2. The van der Waals surface area contributed by atoms with Gasteiger partial charge in [-0.25, -0.2) is 22.9 Å². The van der Waals surface area contributed by atoms with Crippen molar-refractivity contribution in [2.45, 2.75) is 113 Å². The molecule has 4 atom stereocenters. The van der Waals surface area contributed by atoms with E-state index in [0.717, 1.165) is 89.5 Å². The van der Waals surface area contributed by atoms with Crippen molar-refractivity contribution < 1.29 is 41.8 Å². The van der Waals surface area contributed by atoms with Gasteiger partial charge in [0.25, 0.3) is 0 Å². The molecule has 3 aromatic heterocycles. The van der Waals surface area contributed by atoms with Gasteiger partial charge >= 0.3 is 12.1 Å². The summed E-state index contributed by atoms with van der Waals surface area (Å²) < 4.78 is 68.9. The molecule has 0 saturated carbocycles. The van der Waals surface area contributed by atoms with Gasteiger partial charge in [0, 0.05) is 75.5 Å². The number of terminal acetylenes is 1. The van der Waals surface area contributed by atoms with Gasteiger partial charge in [-0.2, -0.15) is 15.1 Å². The van der Waals surface area contributed by atoms with Gasteiger partial charge in [-0.3, -0.25) is 24.5 Å². The maximum Gasteiger partial charge on any atom is 0.409 e. The molecule has 79 heavy (non-hydrogen) atoms. The largest absolute Gasteiger partial charge is 0.461 e. The number of aryl methyl sites for hydroxylation is 2. The number of carbonyl (C=O) groups is 3. The number of nitrogens with one attached hydrogen (secondary N) is 1. The number of ether oxygens (including phenoxy) is 3. The molecule has 7 aliphatic heterocycles. The molecule has 6 fully saturated rings. The molecule has 7 aliphatic rings. The summed E-state index contributed by atoms with van der Waals surface area (Å²) in [6, 6.07) is 11.9. The average Bonchev–Trinajstić information content (AvgIpc) is 4.29. The number of carbonyl (C=O) groups excluding carboxylic acids is 3. The van der Waals surface area contributed by atoms with Crippen molar-refractivity contribution in [2.75, 3.05) is 75.5 Å². The Morgan fingerprint density at radius 1 is 0.873 bits per heavy atom. The highest BCUT2D eigenvalue weighted by Gasteiger charge is 2.50. The number of hydrogen-bond acceptors (Lipinski definition) is 13. The minimum Gasteiger partial charge on any atom is -0.461 e. The van der Waals surface area contributed by atoms with E-state index in [2.05, 4.69) is 31.0 Å². The molecule has 3 aromatic carbocycles. The highest BCUT2D eigenvalue weighted by Crippen LogP contribution is 2.45. The normalized spacial score (nSPS) is 24.1. The van der Waals surface area contributed by atoms with E-state index in [4.69, 9.17) is 35.6 Å². The van der Waals surface area contributed by atoms with Crippen molar-refractivity contribution in [1.29, 1.82) is 0 Å². The molecule has 0 bridgehead atoms. The second-order valence-electron chi connectivity index (χ2n) is 23.1. The van der Waals surface area contributed by atoms with E-state index >= 15 is 13.2 Å². The van der Waals surface area contributed by atoms with Crippen molar-refractivity contribution in [2.24, 2.45) is 18.9 Å². The van der Waals surface area contributed by atoms with Crippen LogP contribution in [0.15, 0.2) is 42.5 Å². The van der Waals surface area contributed by atoms with Gasteiger partial charge in [0.05, 0.1) is 57.3 Å². The Bertz CT molecular complexity index is 3460. The summed E-state index contributed by atoms with van der Waals surface area (Å²) in [6.07, 6.45) is 16.6. The lowest BCUT2D eigenvalue weighted by Crippen LogP contribution is -2.48. The Hall–Kier alpha value is -7.04. The van der Waals surface area contributed by atoms with E-state index in [9.17, 15) is 14.4 Å². The molecule has 10 heterocycles. The Morgan fingerprint density at radius 2 is 1.70 bits per heavy atom. The number of halogens is 3. The molecule has 6 aromatic rings. The van der Waals surface area contributed by atoms with Crippen molar-refractivity contribution in [1.82, 2.24) is 39.8 Å². The van der Waals surface area contributed by atoms with E-state index in [-0.39, 0.29) is 72.0 Å². The first-order valence-corrected chi connectivity index (χ1v) is 28.4. The van der Waals surface area contributed by atoms with Crippen LogP contribution in [0.5, 0.6) is 6.01 Å². The fraction of sp³-hybridized carbons (Fsp3) is 0.517. The van der Waals surface area contributed by atoms with Gasteiger partial charge in [0.15, 0.2) is 5.82 Å². The first-order chi connectivity index (χ1) is 38.4. The van der Waals surface area contributed by atoms with Crippen LogP contribution < -0.4 is 19.9 Å². The lowest BCUT2D eigenvalue weighted by Gasteiger charge is -2.37. The van der Waals surface area contributed by atoms with E-state index in [1.54, 1.807) is 36.0 Å². The molecule has 0 aliphatic carbocycles. The second-order valence-corrected chi connectivity index (χ2v) is 23.1. The number of hydrogen-bond donors (Lipinski definition) is 1. The van der Waals surface area contributed by atoms with Crippen molar-refractivity contribution in [3.8, 4) is 29.6 Å². The van der Waals surface area contributed by atoms with Crippen LogP contribution in [-0.2, 0) is 32.5 Å².